The quantitative estimate of drug-likeness (QED) is 0.907. The summed E-state index contributed by atoms with van der Waals surface area (Å²) in [5, 5.41) is 3.66. The molecule has 0 fully saturated rings. The normalized spacial score (nSPS) is 21.1. The fraction of sp³-hybridized carbons (Fsp3) is 0.625. The third-order valence-corrected chi connectivity index (χ3v) is 4.05. The minimum Gasteiger partial charge on any atom is -0.493 e. The fourth-order valence-electron chi connectivity index (χ4n) is 2.90. The molecule has 3 nitrogen and oxygen atoms in total. The summed E-state index contributed by atoms with van der Waals surface area (Å²) >= 11 is 0. The van der Waals surface area contributed by atoms with Crippen LogP contribution in [0.5, 0.6) is 11.5 Å². The van der Waals surface area contributed by atoms with Gasteiger partial charge in [-0.25, -0.2) is 0 Å². The Morgan fingerprint density at radius 1 is 1.16 bits per heavy atom. The molecule has 2 rings (SSSR count). The van der Waals surface area contributed by atoms with Gasteiger partial charge in [0.25, 0.3) is 0 Å². The minimum absolute atomic E-state index is 0.111. The van der Waals surface area contributed by atoms with Crippen molar-refractivity contribution in [1.29, 1.82) is 0 Å². The first-order chi connectivity index (χ1) is 8.90. The molecular formula is C16H25NO2. The average molecular weight is 263 g/mol. The maximum absolute atomic E-state index is 5.45. The summed E-state index contributed by atoms with van der Waals surface area (Å²) in [5.41, 5.74) is 2.81. The molecule has 19 heavy (non-hydrogen) atoms. The Balaban J connectivity index is 2.61. The molecule has 0 bridgehead atoms. The monoisotopic (exact) mass is 263 g/mol. The fourth-order valence-corrected chi connectivity index (χ4v) is 2.90. The largest absolute Gasteiger partial charge is 0.493 e. The third kappa shape index (κ3) is 2.44. The van der Waals surface area contributed by atoms with E-state index < -0.39 is 0 Å². The molecule has 0 amide bonds. The Labute approximate surface area is 116 Å². The molecule has 0 spiro atoms. The summed E-state index contributed by atoms with van der Waals surface area (Å²) in [6, 6.07) is 4.65. The van der Waals surface area contributed by atoms with Crippen molar-refractivity contribution in [3.63, 3.8) is 0 Å². The van der Waals surface area contributed by atoms with Crippen LogP contribution in [0.15, 0.2) is 12.1 Å². The highest BCUT2D eigenvalue weighted by atomic mass is 16.5. The van der Waals surface area contributed by atoms with Crippen LogP contribution in [0.3, 0.4) is 0 Å². The Morgan fingerprint density at radius 3 is 2.26 bits per heavy atom. The van der Waals surface area contributed by atoms with E-state index in [0.29, 0.717) is 12.0 Å². The SMILES string of the molecule is COc1cc2c(cc1OC)C(C)(C)CNC2C(C)C. The number of nitrogens with one attached hydrogen (secondary N) is 1. The van der Waals surface area contributed by atoms with Gasteiger partial charge in [-0.05, 0) is 29.2 Å². The lowest BCUT2D eigenvalue weighted by atomic mass is 9.74. The van der Waals surface area contributed by atoms with Crippen molar-refractivity contribution in [1.82, 2.24) is 5.32 Å². The zero-order chi connectivity index (χ0) is 14.2. The van der Waals surface area contributed by atoms with Gasteiger partial charge in [0.2, 0.25) is 0 Å². The summed E-state index contributed by atoms with van der Waals surface area (Å²) < 4.78 is 10.9. The van der Waals surface area contributed by atoms with Crippen molar-refractivity contribution < 1.29 is 9.47 Å². The molecule has 106 valence electrons. The summed E-state index contributed by atoms with van der Waals surface area (Å²) in [6.45, 7) is 10.0. The molecule has 1 aromatic rings. The van der Waals surface area contributed by atoms with E-state index in [1.165, 1.54) is 11.1 Å². The molecule has 0 aliphatic carbocycles. The molecule has 1 aliphatic heterocycles. The Hall–Kier alpha value is -1.22. The molecule has 0 saturated carbocycles. The maximum Gasteiger partial charge on any atom is 0.161 e. The van der Waals surface area contributed by atoms with E-state index >= 15 is 0 Å². The predicted octanol–water partition coefficient (Wildman–Crippen LogP) is 3.28. The zero-order valence-electron chi connectivity index (χ0n) is 12.8. The molecule has 0 aromatic heterocycles. The number of hydrogen-bond acceptors (Lipinski definition) is 3. The summed E-state index contributed by atoms with van der Waals surface area (Å²) in [7, 11) is 3.38. The third-order valence-electron chi connectivity index (χ3n) is 4.05. The van der Waals surface area contributed by atoms with Crippen molar-refractivity contribution in [2.75, 3.05) is 20.8 Å². The molecule has 0 radical (unpaired) electrons. The number of methoxy groups -OCH3 is 2. The summed E-state index contributed by atoms with van der Waals surface area (Å²) in [4.78, 5) is 0. The number of fused-ring (bicyclic) bond motifs is 1. The van der Waals surface area contributed by atoms with Crippen LogP contribution >= 0.6 is 0 Å². The lowest BCUT2D eigenvalue weighted by Gasteiger charge is -2.40. The zero-order valence-corrected chi connectivity index (χ0v) is 12.8. The van der Waals surface area contributed by atoms with Gasteiger partial charge < -0.3 is 14.8 Å². The van der Waals surface area contributed by atoms with Gasteiger partial charge in [-0.1, -0.05) is 27.7 Å². The van der Waals surface area contributed by atoms with Gasteiger partial charge in [0.15, 0.2) is 11.5 Å². The second-order valence-corrected chi connectivity index (χ2v) is 6.28. The number of ether oxygens (including phenoxy) is 2. The van der Waals surface area contributed by atoms with Gasteiger partial charge in [-0.2, -0.15) is 0 Å². The minimum atomic E-state index is 0.111. The topological polar surface area (TPSA) is 30.5 Å². The molecule has 1 heterocycles. The van der Waals surface area contributed by atoms with Crippen molar-refractivity contribution in [2.24, 2.45) is 5.92 Å². The van der Waals surface area contributed by atoms with Crippen LogP contribution in [0.25, 0.3) is 0 Å². The Kier molecular flexibility index (Phi) is 3.77. The van der Waals surface area contributed by atoms with Crippen LogP contribution < -0.4 is 14.8 Å². The van der Waals surface area contributed by atoms with Crippen LogP contribution in [0.1, 0.15) is 44.9 Å². The molecule has 1 aromatic carbocycles. The smallest absolute Gasteiger partial charge is 0.161 e. The van der Waals surface area contributed by atoms with Gasteiger partial charge in [-0.3, -0.25) is 0 Å². The summed E-state index contributed by atoms with van der Waals surface area (Å²) in [6.07, 6.45) is 0. The molecule has 0 saturated heterocycles. The van der Waals surface area contributed by atoms with Crippen LogP contribution in [-0.4, -0.2) is 20.8 Å². The number of hydrogen-bond donors (Lipinski definition) is 1. The van der Waals surface area contributed by atoms with E-state index in [9.17, 15) is 0 Å². The van der Waals surface area contributed by atoms with Gasteiger partial charge in [-0.15, -0.1) is 0 Å². The molecule has 1 aliphatic rings. The van der Waals surface area contributed by atoms with E-state index in [1.54, 1.807) is 14.2 Å². The molecule has 1 atom stereocenters. The second kappa shape index (κ2) is 5.04. The lowest BCUT2D eigenvalue weighted by Crippen LogP contribution is -2.43. The molecule has 1 N–H and O–H groups in total. The van der Waals surface area contributed by atoms with Gasteiger partial charge in [0.05, 0.1) is 14.2 Å². The van der Waals surface area contributed by atoms with Crippen molar-refractivity contribution in [2.45, 2.75) is 39.2 Å². The first-order valence-electron chi connectivity index (χ1n) is 6.90. The van der Waals surface area contributed by atoms with E-state index in [1.807, 2.05) is 0 Å². The van der Waals surface area contributed by atoms with Gasteiger partial charge >= 0.3 is 0 Å². The van der Waals surface area contributed by atoms with E-state index in [0.717, 1.165) is 18.0 Å². The molecule has 1 unspecified atom stereocenters. The van der Waals surface area contributed by atoms with Crippen molar-refractivity contribution in [3.8, 4) is 11.5 Å². The van der Waals surface area contributed by atoms with Gasteiger partial charge in [0, 0.05) is 18.0 Å². The van der Waals surface area contributed by atoms with Crippen LogP contribution in [0.2, 0.25) is 0 Å². The number of rotatable bonds is 3. The Morgan fingerprint density at radius 2 is 1.74 bits per heavy atom. The highest BCUT2D eigenvalue weighted by molar-refractivity contribution is 5.52. The van der Waals surface area contributed by atoms with E-state index in [2.05, 4.69) is 45.1 Å². The average Bonchev–Trinajstić information content (AvgIpc) is 2.36. The molecular weight excluding hydrogens is 238 g/mol. The van der Waals surface area contributed by atoms with Crippen LogP contribution in [-0.2, 0) is 5.41 Å². The first kappa shape index (κ1) is 14.2. The number of benzene rings is 1. The maximum atomic E-state index is 5.45. The predicted molar refractivity (Wildman–Crippen MR) is 78.2 cm³/mol. The van der Waals surface area contributed by atoms with E-state index in [-0.39, 0.29) is 5.41 Å². The van der Waals surface area contributed by atoms with Crippen molar-refractivity contribution >= 4 is 0 Å². The standard InChI is InChI=1S/C16H25NO2/c1-10(2)15-11-7-13(18-5)14(19-6)8-12(11)16(3,4)9-17-15/h7-8,10,15,17H,9H2,1-6H3. The van der Waals surface area contributed by atoms with Gasteiger partial charge in [0.1, 0.15) is 0 Å². The van der Waals surface area contributed by atoms with Crippen LogP contribution in [0, 0.1) is 5.92 Å². The van der Waals surface area contributed by atoms with Crippen LogP contribution in [0.4, 0.5) is 0 Å². The Bertz CT molecular complexity index is 466. The highest BCUT2D eigenvalue weighted by Crippen LogP contribution is 2.42. The van der Waals surface area contributed by atoms with E-state index in [4.69, 9.17) is 9.47 Å². The van der Waals surface area contributed by atoms with Crippen molar-refractivity contribution in [3.05, 3.63) is 23.3 Å². The second-order valence-electron chi connectivity index (χ2n) is 6.28. The highest BCUT2D eigenvalue weighted by Gasteiger charge is 2.34. The first-order valence-corrected chi connectivity index (χ1v) is 6.90. The molecule has 3 heteroatoms. The lowest BCUT2D eigenvalue weighted by molar-refractivity contribution is 0.316. The summed E-state index contributed by atoms with van der Waals surface area (Å²) in [5.74, 6) is 2.18.